The van der Waals surface area contributed by atoms with Gasteiger partial charge >= 0.3 is 6.18 Å². The van der Waals surface area contributed by atoms with E-state index >= 15 is 0 Å². The Morgan fingerprint density at radius 3 is 2.57 bits per heavy atom. The minimum absolute atomic E-state index is 0.0990. The third-order valence-corrected chi connectivity index (χ3v) is 4.38. The zero-order chi connectivity index (χ0) is 21.9. The van der Waals surface area contributed by atoms with Gasteiger partial charge < -0.3 is 15.1 Å². The molecule has 3 aromatic rings. The number of hydrogen-bond acceptors (Lipinski definition) is 6. The normalized spacial score (nSPS) is 11.6. The first-order chi connectivity index (χ1) is 14.2. The number of aryl methyl sites for hydroxylation is 2. The van der Waals surface area contributed by atoms with E-state index in [0.717, 1.165) is 4.52 Å². The van der Waals surface area contributed by atoms with Gasteiger partial charge in [0.05, 0.1) is 6.26 Å². The highest BCUT2D eigenvalue weighted by Gasteiger charge is 2.36. The van der Waals surface area contributed by atoms with Crippen LogP contribution in [0.15, 0.2) is 22.8 Å². The van der Waals surface area contributed by atoms with Crippen LogP contribution in [0.1, 0.15) is 39.8 Å². The molecule has 0 fully saturated rings. The molecule has 3 heterocycles. The van der Waals surface area contributed by atoms with Crippen LogP contribution in [0.25, 0.3) is 5.78 Å². The van der Waals surface area contributed by atoms with Crippen molar-refractivity contribution in [3.8, 4) is 0 Å². The summed E-state index contributed by atoms with van der Waals surface area (Å²) < 4.78 is 44.5. The van der Waals surface area contributed by atoms with E-state index in [-0.39, 0.29) is 49.3 Å². The van der Waals surface area contributed by atoms with Crippen LogP contribution in [0, 0.1) is 13.8 Å². The molecule has 0 atom stereocenters. The fourth-order valence-electron chi connectivity index (χ4n) is 2.89. The number of alkyl halides is 3. The predicted octanol–water partition coefficient (Wildman–Crippen LogP) is 1.83. The van der Waals surface area contributed by atoms with E-state index < -0.39 is 12.0 Å². The minimum atomic E-state index is -4.67. The van der Waals surface area contributed by atoms with Crippen LogP contribution in [-0.2, 0) is 17.4 Å². The van der Waals surface area contributed by atoms with Crippen molar-refractivity contribution in [3.63, 3.8) is 0 Å². The Labute approximate surface area is 168 Å². The van der Waals surface area contributed by atoms with Gasteiger partial charge in [0, 0.05) is 30.9 Å². The van der Waals surface area contributed by atoms with Crippen molar-refractivity contribution in [1.82, 2.24) is 30.2 Å². The Kier molecular flexibility index (Phi) is 6.04. The molecule has 3 rings (SSSR count). The summed E-state index contributed by atoms with van der Waals surface area (Å²) in [6, 6.07) is 3.12. The second kappa shape index (κ2) is 8.51. The first-order valence-corrected chi connectivity index (χ1v) is 9.05. The third-order valence-electron chi connectivity index (χ3n) is 4.38. The highest BCUT2D eigenvalue weighted by Crippen LogP contribution is 2.27. The summed E-state index contributed by atoms with van der Waals surface area (Å²) in [5, 5.41) is 8.74. The number of rotatable bonds is 7. The molecule has 0 aliphatic carbocycles. The van der Waals surface area contributed by atoms with Gasteiger partial charge in [0.1, 0.15) is 0 Å². The number of carbonyl (C=O) groups is 2. The average Bonchev–Trinajstić information content (AvgIpc) is 3.34. The van der Waals surface area contributed by atoms with Gasteiger partial charge in [-0.25, -0.2) is 9.50 Å². The maximum atomic E-state index is 12.8. The molecule has 0 bridgehead atoms. The number of carbonyl (C=O) groups excluding carboxylic acids is 2. The average molecular weight is 424 g/mol. The molecule has 0 unspecified atom stereocenters. The van der Waals surface area contributed by atoms with Crippen molar-refractivity contribution in [2.75, 3.05) is 13.1 Å². The van der Waals surface area contributed by atoms with Crippen molar-refractivity contribution in [2.24, 2.45) is 0 Å². The number of fused-ring (bicyclic) bond motifs is 1. The predicted molar refractivity (Wildman–Crippen MR) is 97.6 cm³/mol. The molecular weight excluding hydrogens is 405 g/mol. The van der Waals surface area contributed by atoms with E-state index in [2.05, 4.69) is 25.7 Å². The second-order valence-electron chi connectivity index (χ2n) is 6.49. The zero-order valence-corrected chi connectivity index (χ0v) is 16.2. The monoisotopic (exact) mass is 424 g/mol. The van der Waals surface area contributed by atoms with Gasteiger partial charge in [-0.2, -0.15) is 18.2 Å². The number of hydrogen-bond donors (Lipinski definition) is 2. The molecule has 0 saturated heterocycles. The molecule has 0 aromatic carbocycles. The molecule has 160 valence electrons. The van der Waals surface area contributed by atoms with E-state index in [0.29, 0.717) is 17.0 Å². The van der Waals surface area contributed by atoms with Crippen LogP contribution < -0.4 is 10.6 Å². The third kappa shape index (κ3) is 4.75. The fourth-order valence-corrected chi connectivity index (χ4v) is 2.89. The summed E-state index contributed by atoms with van der Waals surface area (Å²) >= 11 is 0. The smallest absolute Gasteiger partial charge is 0.453 e. The van der Waals surface area contributed by atoms with Crippen molar-refractivity contribution >= 4 is 17.6 Å². The van der Waals surface area contributed by atoms with Crippen LogP contribution in [0.4, 0.5) is 13.2 Å². The molecule has 0 saturated carbocycles. The SMILES string of the molecule is Cc1nc2nc(C(F)(F)F)nn2c(C)c1CCC(=O)NCCNC(=O)c1ccco1. The number of furan rings is 1. The molecule has 0 radical (unpaired) electrons. The fraction of sp³-hybridized carbons (Fsp3) is 0.389. The summed E-state index contributed by atoms with van der Waals surface area (Å²) in [4.78, 5) is 31.3. The number of amides is 2. The maximum absolute atomic E-state index is 12.8. The van der Waals surface area contributed by atoms with E-state index in [4.69, 9.17) is 4.42 Å². The Bertz CT molecular complexity index is 1060. The summed E-state index contributed by atoms with van der Waals surface area (Å²) in [6.07, 6.45) is -2.91. The van der Waals surface area contributed by atoms with Gasteiger partial charge in [-0.05, 0) is 38.0 Å². The summed E-state index contributed by atoms with van der Waals surface area (Å²) in [5.74, 6) is -1.87. The molecule has 12 heteroatoms. The number of nitrogens with one attached hydrogen (secondary N) is 2. The lowest BCUT2D eigenvalue weighted by atomic mass is 10.1. The first-order valence-electron chi connectivity index (χ1n) is 9.05. The molecular formula is C18H19F3N6O3. The van der Waals surface area contributed by atoms with Gasteiger partial charge in [0.25, 0.3) is 17.5 Å². The highest BCUT2D eigenvalue weighted by atomic mass is 19.4. The first kappa shape index (κ1) is 21.3. The van der Waals surface area contributed by atoms with Crippen LogP contribution in [-0.4, -0.2) is 44.5 Å². The molecule has 2 amide bonds. The summed E-state index contributed by atoms with van der Waals surface area (Å²) in [5.41, 5.74) is 1.56. The van der Waals surface area contributed by atoms with Gasteiger partial charge in [-0.1, -0.05) is 0 Å². The van der Waals surface area contributed by atoms with Gasteiger partial charge in [-0.3, -0.25) is 9.59 Å². The van der Waals surface area contributed by atoms with E-state index in [1.54, 1.807) is 19.9 Å². The van der Waals surface area contributed by atoms with Crippen LogP contribution in [0.5, 0.6) is 0 Å². The Balaban J connectivity index is 1.54. The van der Waals surface area contributed by atoms with Crippen molar-refractivity contribution in [1.29, 1.82) is 0 Å². The zero-order valence-electron chi connectivity index (χ0n) is 16.2. The van der Waals surface area contributed by atoms with Crippen LogP contribution in [0.2, 0.25) is 0 Å². The molecule has 0 spiro atoms. The number of nitrogens with zero attached hydrogens (tertiary/aromatic N) is 4. The van der Waals surface area contributed by atoms with Crippen molar-refractivity contribution < 1.29 is 27.2 Å². The summed E-state index contributed by atoms with van der Waals surface area (Å²) in [6.45, 7) is 3.69. The van der Waals surface area contributed by atoms with Gasteiger partial charge in [0.2, 0.25) is 5.91 Å². The minimum Gasteiger partial charge on any atom is -0.459 e. The van der Waals surface area contributed by atoms with Gasteiger partial charge in [-0.15, -0.1) is 5.10 Å². The lowest BCUT2D eigenvalue weighted by Gasteiger charge is -2.10. The molecule has 9 nitrogen and oxygen atoms in total. The van der Waals surface area contributed by atoms with E-state index in [1.807, 2.05) is 0 Å². The molecule has 0 aliphatic heterocycles. The standard InChI is InChI=1S/C18H19F3N6O3/c1-10-12(11(2)27-17(24-10)25-16(26-27)18(19,20)21)5-6-14(28)22-7-8-23-15(29)13-4-3-9-30-13/h3-4,9H,5-8H2,1-2H3,(H,22,28)(H,23,29). The van der Waals surface area contributed by atoms with Crippen molar-refractivity contribution in [2.45, 2.75) is 32.9 Å². The molecule has 0 aliphatic rings. The Hall–Kier alpha value is -3.44. The topological polar surface area (TPSA) is 114 Å². The Morgan fingerprint density at radius 1 is 1.17 bits per heavy atom. The van der Waals surface area contributed by atoms with E-state index in [1.165, 1.54) is 12.3 Å². The maximum Gasteiger partial charge on any atom is 0.453 e. The second-order valence-corrected chi connectivity index (χ2v) is 6.49. The highest BCUT2D eigenvalue weighted by molar-refractivity contribution is 5.91. The lowest BCUT2D eigenvalue weighted by molar-refractivity contribution is -0.144. The van der Waals surface area contributed by atoms with E-state index in [9.17, 15) is 22.8 Å². The summed E-state index contributed by atoms with van der Waals surface area (Å²) in [7, 11) is 0. The molecule has 30 heavy (non-hydrogen) atoms. The Morgan fingerprint density at radius 2 is 1.90 bits per heavy atom. The lowest BCUT2D eigenvalue weighted by Crippen LogP contribution is -2.34. The van der Waals surface area contributed by atoms with Crippen LogP contribution in [0.3, 0.4) is 0 Å². The molecule has 2 N–H and O–H groups in total. The number of aromatic nitrogens is 4. The van der Waals surface area contributed by atoms with Crippen molar-refractivity contribution in [3.05, 3.63) is 46.9 Å². The molecule has 3 aromatic heterocycles. The quantitative estimate of drug-likeness (QED) is 0.560. The van der Waals surface area contributed by atoms with Crippen LogP contribution >= 0.6 is 0 Å². The van der Waals surface area contributed by atoms with Gasteiger partial charge in [0.15, 0.2) is 5.76 Å². The number of halogens is 3. The largest absolute Gasteiger partial charge is 0.459 e.